The minimum absolute atomic E-state index is 0.0658. The molecule has 2 rings (SSSR count). The number of hydrogen-bond donors (Lipinski definition) is 1. The Balaban J connectivity index is 1.76. The fraction of sp³-hybridized carbons (Fsp3) is 0.857. The number of primary sulfonamides is 1. The molecule has 5 nitrogen and oxygen atoms in total. The van der Waals surface area contributed by atoms with Gasteiger partial charge in [-0.2, -0.15) is 0 Å². The molecule has 1 fully saturated rings. The van der Waals surface area contributed by atoms with Gasteiger partial charge >= 0.3 is 0 Å². The molecule has 1 atom stereocenters. The number of hydrogen-bond acceptors (Lipinski definition) is 4. The lowest BCUT2D eigenvalue weighted by atomic mass is 10.0. The quantitative estimate of drug-likeness (QED) is 0.779. The van der Waals surface area contributed by atoms with E-state index >= 15 is 0 Å². The number of nitrogens with zero attached hydrogens (tertiary/aromatic N) is 2. The molecule has 2 N–H and O–H groups in total. The Morgan fingerprint density at radius 2 is 1.85 bits per heavy atom. The summed E-state index contributed by atoms with van der Waals surface area (Å²) in [6.07, 6.45) is 11.2. The molecule has 1 aliphatic heterocycles. The van der Waals surface area contributed by atoms with Crippen molar-refractivity contribution >= 4 is 10.0 Å². The van der Waals surface area contributed by atoms with E-state index in [1.54, 1.807) is 0 Å². The average Bonchev–Trinajstić information content (AvgIpc) is 2.36. The van der Waals surface area contributed by atoms with Crippen molar-refractivity contribution in [1.29, 1.82) is 0 Å². The lowest BCUT2D eigenvalue weighted by Crippen LogP contribution is -2.50. The molecule has 116 valence electrons. The van der Waals surface area contributed by atoms with Crippen molar-refractivity contribution in [2.75, 3.05) is 38.5 Å². The van der Waals surface area contributed by atoms with Crippen LogP contribution in [0.3, 0.4) is 0 Å². The van der Waals surface area contributed by atoms with Crippen LogP contribution in [0.2, 0.25) is 0 Å². The van der Waals surface area contributed by atoms with Crippen LogP contribution < -0.4 is 5.14 Å². The van der Waals surface area contributed by atoms with Crippen LogP contribution in [-0.4, -0.2) is 62.7 Å². The molecule has 0 bridgehead atoms. The Bertz CT molecular complexity index is 414. The first-order chi connectivity index (χ1) is 9.54. The largest absolute Gasteiger partial charge is 0.300 e. The Morgan fingerprint density at radius 3 is 2.55 bits per heavy atom. The molecule has 1 saturated heterocycles. The summed E-state index contributed by atoms with van der Waals surface area (Å²) in [5.41, 5.74) is 0. The van der Waals surface area contributed by atoms with Crippen LogP contribution in [0.15, 0.2) is 12.2 Å². The number of sulfonamides is 1. The van der Waals surface area contributed by atoms with Gasteiger partial charge in [0.15, 0.2) is 0 Å². The molecule has 0 saturated carbocycles. The summed E-state index contributed by atoms with van der Waals surface area (Å²) < 4.78 is 22.0. The fourth-order valence-electron chi connectivity index (χ4n) is 3.02. The third kappa shape index (κ3) is 5.52. The molecule has 2 aliphatic rings. The fourth-order valence-corrected chi connectivity index (χ4v) is 3.53. The van der Waals surface area contributed by atoms with E-state index in [9.17, 15) is 8.42 Å². The van der Waals surface area contributed by atoms with Crippen LogP contribution in [0.25, 0.3) is 0 Å². The van der Waals surface area contributed by atoms with Crippen molar-refractivity contribution in [1.82, 2.24) is 9.80 Å². The van der Waals surface area contributed by atoms with E-state index in [0.29, 0.717) is 12.6 Å². The number of rotatable bonds is 4. The van der Waals surface area contributed by atoms with Crippen molar-refractivity contribution in [3.05, 3.63) is 12.2 Å². The second kappa shape index (κ2) is 7.54. The number of nitrogens with two attached hydrogens (primary N) is 1. The molecule has 1 unspecified atom stereocenters. The Kier molecular flexibility index (Phi) is 6.01. The van der Waals surface area contributed by atoms with Gasteiger partial charge < -0.3 is 0 Å². The van der Waals surface area contributed by atoms with Gasteiger partial charge in [-0.25, -0.2) is 13.6 Å². The van der Waals surface area contributed by atoms with Crippen LogP contribution in [0.5, 0.6) is 0 Å². The van der Waals surface area contributed by atoms with E-state index in [1.165, 1.54) is 32.1 Å². The van der Waals surface area contributed by atoms with Gasteiger partial charge in [-0.3, -0.25) is 9.80 Å². The van der Waals surface area contributed by atoms with Crippen LogP contribution in [0.4, 0.5) is 0 Å². The molecule has 0 aromatic carbocycles. The van der Waals surface area contributed by atoms with Crippen molar-refractivity contribution in [2.45, 2.75) is 38.1 Å². The maximum absolute atomic E-state index is 11.0. The molecule has 0 aromatic heterocycles. The van der Waals surface area contributed by atoms with Crippen LogP contribution in [0, 0.1) is 0 Å². The van der Waals surface area contributed by atoms with E-state index in [1.807, 2.05) is 0 Å². The monoisotopic (exact) mass is 301 g/mol. The van der Waals surface area contributed by atoms with E-state index in [-0.39, 0.29) is 5.75 Å². The van der Waals surface area contributed by atoms with Gasteiger partial charge in [0.25, 0.3) is 0 Å². The second-order valence-corrected chi connectivity index (χ2v) is 7.61. The highest BCUT2D eigenvalue weighted by Crippen LogP contribution is 2.18. The maximum Gasteiger partial charge on any atom is 0.210 e. The zero-order valence-corrected chi connectivity index (χ0v) is 13.0. The molecular weight excluding hydrogens is 274 g/mol. The van der Waals surface area contributed by atoms with Gasteiger partial charge in [-0.1, -0.05) is 25.0 Å². The smallest absolute Gasteiger partial charge is 0.210 e. The minimum atomic E-state index is -3.33. The predicted molar refractivity (Wildman–Crippen MR) is 82.0 cm³/mol. The topological polar surface area (TPSA) is 66.6 Å². The van der Waals surface area contributed by atoms with Gasteiger partial charge in [0.1, 0.15) is 0 Å². The van der Waals surface area contributed by atoms with Crippen molar-refractivity contribution < 1.29 is 8.42 Å². The highest BCUT2D eigenvalue weighted by Gasteiger charge is 2.22. The van der Waals surface area contributed by atoms with Gasteiger partial charge in [-0.15, -0.1) is 0 Å². The first kappa shape index (κ1) is 15.9. The molecule has 0 spiro atoms. The lowest BCUT2D eigenvalue weighted by Gasteiger charge is -2.38. The molecule has 6 heteroatoms. The van der Waals surface area contributed by atoms with E-state index < -0.39 is 10.0 Å². The first-order valence-electron chi connectivity index (χ1n) is 7.68. The number of allylic oxidation sites excluding steroid dienone is 1. The van der Waals surface area contributed by atoms with Crippen molar-refractivity contribution in [3.8, 4) is 0 Å². The van der Waals surface area contributed by atoms with Gasteiger partial charge in [0.05, 0.1) is 5.75 Å². The van der Waals surface area contributed by atoms with E-state index in [2.05, 4.69) is 22.0 Å². The molecule has 1 heterocycles. The van der Waals surface area contributed by atoms with Crippen LogP contribution in [-0.2, 0) is 10.0 Å². The second-order valence-electron chi connectivity index (χ2n) is 5.88. The summed E-state index contributed by atoms with van der Waals surface area (Å²) in [5, 5.41) is 5.06. The molecule has 0 amide bonds. The third-order valence-corrected chi connectivity index (χ3v) is 5.05. The Hall–Kier alpha value is -0.430. The standard InChI is InChI=1S/C14H27N3O2S/c15-20(18,19)13-12-16-8-10-17(11-9-16)14-6-4-2-1-3-5-7-14/h4,6,14H,1-3,5,7-13H2,(H2,15,18,19)/b6-4-. The molecule has 1 aliphatic carbocycles. The summed E-state index contributed by atoms with van der Waals surface area (Å²) in [5.74, 6) is 0.0658. The molecule has 20 heavy (non-hydrogen) atoms. The summed E-state index contributed by atoms with van der Waals surface area (Å²) >= 11 is 0. The predicted octanol–water partition coefficient (Wildman–Crippen LogP) is 0.781. The normalized spacial score (nSPS) is 28.8. The summed E-state index contributed by atoms with van der Waals surface area (Å²) in [4.78, 5) is 4.74. The van der Waals surface area contributed by atoms with Crippen molar-refractivity contribution in [2.24, 2.45) is 5.14 Å². The van der Waals surface area contributed by atoms with Crippen LogP contribution >= 0.6 is 0 Å². The maximum atomic E-state index is 11.0. The first-order valence-corrected chi connectivity index (χ1v) is 9.40. The van der Waals surface area contributed by atoms with E-state index in [0.717, 1.165) is 26.2 Å². The SMILES string of the molecule is NS(=O)(=O)CCN1CCN(C2/C=C\CCCCC2)CC1. The average molecular weight is 301 g/mol. The Labute approximate surface area is 122 Å². The lowest BCUT2D eigenvalue weighted by molar-refractivity contribution is 0.111. The molecular formula is C14H27N3O2S. The van der Waals surface area contributed by atoms with E-state index in [4.69, 9.17) is 5.14 Å². The Morgan fingerprint density at radius 1 is 1.10 bits per heavy atom. The van der Waals surface area contributed by atoms with Gasteiger partial charge in [0, 0.05) is 38.8 Å². The highest BCUT2D eigenvalue weighted by atomic mass is 32.2. The van der Waals surface area contributed by atoms with Gasteiger partial charge in [-0.05, 0) is 19.3 Å². The molecule has 0 radical (unpaired) electrons. The molecule has 0 aromatic rings. The minimum Gasteiger partial charge on any atom is -0.300 e. The summed E-state index contributed by atoms with van der Waals surface area (Å²) in [6, 6.07) is 0.579. The third-order valence-electron chi connectivity index (χ3n) is 4.30. The summed E-state index contributed by atoms with van der Waals surface area (Å²) in [6.45, 7) is 4.51. The van der Waals surface area contributed by atoms with Gasteiger partial charge in [0.2, 0.25) is 10.0 Å². The summed E-state index contributed by atoms with van der Waals surface area (Å²) in [7, 11) is -3.33. The van der Waals surface area contributed by atoms with Crippen LogP contribution in [0.1, 0.15) is 32.1 Å². The number of piperazine rings is 1. The zero-order valence-electron chi connectivity index (χ0n) is 12.2. The zero-order chi connectivity index (χ0) is 14.4. The van der Waals surface area contributed by atoms with Crippen molar-refractivity contribution in [3.63, 3.8) is 0 Å². The highest BCUT2D eigenvalue weighted by molar-refractivity contribution is 7.89.